The summed E-state index contributed by atoms with van der Waals surface area (Å²) in [7, 11) is 0. The summed E-state index contributed by atoms with van der Waals surface area (Å²) in [4.78, 5) is 0. The van der Waals surface area contributed by atoms with Crippen molar-refractivity contribution in [3.05, 3.63) is 29.8 Å². The van der Waals surface area contributed by atoms with Gasteiger partial charge in [-0.1, -0.05) is 60.6 Å². The Kier molecular flexibility index (Phi) is 9.85. The SMILES string of the molecule is CC.CC(C)C(c1ccc(OCCCS)cc1)C(C)(C)C. The van der Waals surface area contributed by atoms with Crippen molar-refractivity contribution in [1.29, 1.82) is 0 Å². The van der Waals surface area contributed by atoms with Gasteiger partial charge >= 0.3 is 0 Å². The van der Waals surface area contributed by atoms with Crippen molar-refractivity contribution >= 4 is 12.6 Å². The molecule has 0 aliphatic rings. The van der Waals surface area contributed by atoms with Crippen LogP contribution >= 0.6 is 12.6 Å². The summed E-state index contributed by atoms with van der Waals surface area (Å²) in [5, 5.41) is 0. The molecule has 21 heavy (non-hydrogen) atoms. The number of ether oxygens (including phenoxy) is 1. The molecule has 0 N–H and O–H groups in total. The van der Waals surface area contributed by atoms with Crippen LogP contribution in [0.25, 0.3) is 0 Å². The second kappa shape index (κ2) is 10.2. The van der Waals surface area contributed by atoms with E-state index in [1.54, 1.807) is 0 Å². The van der Waals surface area contributed by atoms with E-state index in [9.17, 15) is 0 Å². The molecule has 1 atom stereocenters. The lowest BCUT2D eigenvalue weighted by Crippen LogP contribution is -2.23. The number of benzene rings is 1. The van der Waals surface area contributed by atoms with E-state index in [0.717, 1.165) is 24.5 Å². The highest BCUT2D eigenvalue weighted by Gasteiger charge is 2.28. The minimum atomic E-state index is 0.280. The Morgan fingerprint density at radius 3 is 1.95 bits per heavy atom. The van der Waals surface area contributed by atoms with Crippen LogP contribution in [0.3, 0.4) is 0 Å². The van der Waals surface area contributed by atoms with Gasteiger partial charge in [-0.3, -0.25) is 0 Å². The molecule has 0 fully saturated rings. The van der Waals surface area contributed by atoms with Crippen molar-refractivity contribution in [2.45, 2.75) is 60.8 Å². The molecule has 1 rings (SSSR count). The van der Waals surface area contributed by atoms with Gasteiger partial charge in [0.1, 0.15) is 5.75 Å². The molecule has 0 saturated carbocycles. The summed E-state index contributed by atoms with van der Waals surface area (Å²) in [6.07, 6.45) is 0.988. The van der Waals surface area contributed by atoms with Gasteiger partial charge in [0.05, 0.1) is 6.61 Å². The monoisotopic (exact) mass is 310 g/mol. The molecule has 1 unspecified atom stereocenters. The fourth-order valence-corrected chi connectivity index (χ4v) is 3.04. The zero-order valence-corrected chi connectivity index (χ0v) is 15.8. The number of thiol groups is 1. The van der Waals surface area contributed by atoms with Crippen LogP contribution in [-0.2, 0) is 0 Å². The first-order valence-corrected chi connectivity index (χ1v) is 8.83. The Morgan fingerprint density at radius 1 is 1.05 bits per heavy atom. The molecule has 0 amide bonds. The molecule has 1 nitrogen and oxygen atoms in total. The Labute approximate surface area is 137 Å². The fourth-order valence-electron chi connectivity index (χ4n) is 2.91. The summed E-state index contributed by atoms with van der Waals surface area (Å²) >= 11 is 4.18. The van der Waals surface area contributed by atoms with Crippen molar-refractivity contribution in [2.24, 2.45) is 11.3 Å². The maximum absolute atomic E-state index is 5.68. The first-order valence-electron chi connectivity index (χ1n) is 8.20. The summed E-state index contributed by atoms with van der Waals surface area (Å²) in [5.41, 5.74) is 1.69. The Balaban J connectivity index is 0.00000191. The number of hydrogen-bond acceptors (Lipinski definition) is 2. The zero-order chi connectivity index (χ0) is 16.5. The van der Waals surface area contributed by atoms with E-state index in [1.165, 1.54) is 5.56 Å². The van der Waals surface area contributed by atoms with Crippen molar-refractivity contribution in [3.63, 3.8) is 0 Å². The van der Waals surface area contributed by atoms with E-state index in [1.807, 2.05) is 13.8 Å². The molecule has 0 bridgehead atoms. The Hall–Kier alpha value is -0.630. The average molecular weight is 311 g/mol. The van der Waals surface area contributed by atoms with E-state index in [0.29, 0.717) is 11.8 Å². The molecule has 1 aromatic rings. The zero-order valence-electron chi connectivity index (χ0n) is 14.9. The molecule has 0 aliphatic heterocycles. The topological polar surface area (TPSA) is 9.23 Å². The van der Waals surface area contributed by atoms with E-state index in [4.69, 9.17) is 4.74 Å². The molecule has 0 radical (unpaired) electrons. The maximum atomic E-state index is 5.68. The summed E-state index contributed by atoms with van der Waals surface area (Å²) < 4.78 is 5.68. The second-order valence-corrected chi connectivity index (χ2v) is 7.03. The minimum Gasteiger partial charge on any atom is -0.494 e. The Bertz CT molecular complexity index is 362. The standard InChI is InChI=1S/C17H28OS.C2H6/c1-13(2)16(17(3,4)5)14-7-9-15(10-8-14)18-11-6-12-19;1-2/h7-10,13,16,19H,6,11-12H2,1-5H3;1-2H3. The lowest BCUT2D eigenvalue weighted by atomic mass is 9.70. The van der Waals surface area contributed by atoms with Crippen LogP contribution in [0.4, 0.5) is 0 Å². The van der Waals surface area contributed by atoms with E-state index >= 15 is 0 Å². The molecule has 0 heterocycles. The van der Waals surface area contributed by atoms with Crippen molar-refractivity contribution < 1.29 is 4.74 Å². The lowest BCUT2D eigenvalue weighted by molar-refractivity contribution is 0.258. The van der Waals surface area contributed by atoms with Gasteiger partial charge in [-0.15, -0.1) is 0 Å². The first kappa shape index (κ1) is 20.4. The van der Waals surface area contributed by atoms with Gasteiger partial charge in [0.2, 0.25) is 0 Å². The molecule has 0 aliphatic carbocycles. The van der Waals surface area contributed by atoms with E-state index in [2.05, 4.69) is 71.5 Å². The van der Waals surface area contributed by atoms with E-state index < -0.39 is 0 Å². The van der Waals surface area contributed by atoms with Crippen LogP contribution in [0, 0.1) is 11.3 Å². The van der Waals surface area contributed by atoms with Gasteiger partial charge in [0.25, 0.3) is 0 Å². The summed E-state index contributed by atoms with van der Waals surface area (Å²) in [6.45, 7) is 16.3. The third kappa shape index (κ3) is 7.26. The third-order valence-corrected chi connectivity index (χ3v) is 3.73. The minimum absolute atomic E-state index is 0.280. The number of hydrogen-bond donors (Lipinski definition) is 1. The van der Waals surface area contributed by atoms with Gasteiger partial charge in [-0.05, 0) is 47.1 Å². The quantitative estimate of drug-likeness (QED) is 0.486. The highest BCUT2D eigenvalue weighted by atomic mass is 32.1. The van der Waals surface area contributed by atoms with Gasteiger partial charge in [-0.25, -0.2) is 0 Å². The smallest absolute Gasteiger partial charge is 0.119 e. The predicted molar refractivity (Wildman–Crippen MR) is 98.8 cm³/mol. The van der Waals surface area contributed by atoms with Crippen LogP contribution in [0.2, 0.25) is 0 Å². The molecule has 2 heteroatoms. The Morgan fingerprint density at radius 2 is 1.57 bits per heavy atom. The second-order valence-electron chi connectivity index (χ2n) is 6.58. The van der Waals surface area contributed by atoms with Gasteiger partial charge < -0.3 is 4.74 Å². The molecule has 122 valence electrons. The predicted octanol–water partition coefficient (Wildman–Crippen LogP) is 6.20. The molecular formula is C19H34OS. The summed E-state index contributed by atoms with van der Waals surface area (Å²) in [5.74, 6) is 3.04. The molecular weight excluding hydrogens is 276 g/mol. The maximum Gasteiger partial charge on any atom is 0.119 e. The highest BCUT2D eigenvalue weighted by molar-refractivity contribution is 7.80. The largest absolute Gasteiger partial charge is 0.494 e. The summed E-state index contributed by atoms with van der Waals surface area (Å²) in [6, 6.07) is 8.61. The van der Waals surface area contributed by atoms with Crippen LogP contribution in [0.1, 0.15) is 66.4 Å². The number of rotatable bonds is 6. The highest BCUT2D eigenvalue weighted by Crippen LogP contribution is 2.40. The van der Waals surface area contributed by atoms with Crippen LogP contribution in [-0.4, -0.2) is 12.4 Å². The van der Waals surface area contributed by atoms with Crippen LogP contribution < -0.4 is 4.74 Å². The van der Waals surface area contributed by atoms with Crippen molar-refractivity contribution in [3.8, 4) is 5.75 Å². The lowest BCUT2D eigenvalue weighted by Gasteiger charge is -2.34. The average Bonchev–Trinajstić information content (AvgIpc) is 2.41. The van der Waals surface area contributed by atoms with Crippen LogP contribution in [0.15, 0.2) is 24.3 Å². The van der Waals surface area contributed by atoms with E-state index in [-0.39, 0.29) is 5.41 Å². The van der Waals surface area contributed by atoms with Crippen LogP contribution in [0.5, 0.6) is 5.75 Å². The molecule has 0 saturated heterocycles. The molecule has 0 aromatic heterocycles. The third-order valence-electron chi connectivity index (χ3n) is 3.41. The van der Waals surface area contributed by atoms with Gasteiger partial charge in [0, 0.05) is 0 Å². The fraction of sp³-hybridized carbons (Fsp3) is 0.684. The van der Waals surface area contributed by atoms with Crippen molar-refractivity contribution in [1.82, 2.24) is 0 Å². The molecule has 1 aromatic carbocycles. The molecule has 0 spiro atoms. The first-order chi connectivity index (χ1) is 9.86. The van der Waals surface area contributed by atoms with Crippen molar-refractivity contribution in [2.75, 3.05) is 12.4 Å². The normalized spacial score (nSPS) is 12.6. The van der Waals surface area contributed by atoms with Gasteiger partial charge in [-0.2, -0.15) is 12.6 Å². The van der Waals surface area contributed by atoms with Gasteiger partial charge in [0.15, 0.2) is 0 Å².